The van der Waals surface area contributed by atoms with Crippen molar-refractivity contribution in [3.05, 3.63) is 105 Å². The SMILES string of the molecule is CC(=N)N1C(=N)CN=C(c2ccc(Cl)cc2)c2c1sc(C)c2C.CC(=O)NC1CCN(C(=O)CN2CCC(Nc3cccc4c3cc(C#CCNc3ccc(P(C)C)cc3)n4CC(F)(F)F)CC2)C1. The Morgan fingerprint density at radius 3 is 2.32 bits per heavy atom. The number of amides is 2. The number of fused-ring (bicyclic) bond motifs is 2. The Balaban J connectivity index is 0.000000255. The lowest BCUT2D eigenvalue weighted by Crippen LogP contribution is -2.45. The van der Waals surface area contributed by atoms with Crippen LogP contribution in [0.15, 0.2) is 77.8 Å². The fourth-order valence-electron chi connectivity index (χ4n) is 8.83. The number of nitrogens with zero attached hydrogens (tertiary/aromatic N) is 5. The van der Waals surface area contributed by atoms with E-state index in [2.05, 4.69) is 77.0 Å². The molecule has 0 spiro atoms. The predicted octanol–water partition coefficient (Wildman–Crippen LogP) is 9.30. The van der Waals surface area contributed by atoms with Gasteiger partial charge in [0.05, 0.1) is 36.6 Å². The number of benzene rings is 3. The Hall–Kier alpha value is -5.72. The van der Waals surface area contributed by atoms with Gasteiger partial charge in [-0.2, -0.15) is 13.2 Å². The van der Waals surface area contributed by atoms with E-state index < -0.39 is 12.7 Å². The third kappa shape index (κ3) is 12.9. The molecule has 1 unspecified atom stereocenters. The molecule has 69 heavy (non-hydrogen) atoms. The number of amidine groups is 2. The zero-order valence-corrected chi connectivity index (χ0v) is 42.2. The van der Waals surface area contributed by atoms with Gasteiger partial charge in [0.25, 0.3) is 0 Å². The molecule has 1 atom stereocenters. The van der Waals surface area contributed by atoms with E-state index in [1.165, 1.54) is 21.7 Å². The van der Waals surface area contributed by atoms with Crippen LogP contribution in [0.2, 0.25) is 5.02 Å². The van der Waals surface area contributed by atoms with Crippen molar-refractivity contribution < 1.29 is 22.8 Å². The number of thiophene rings is 1. The summed E-state index contributed by atoms with van der Waals surface area (Å²) in [4.78, 5) is 35.7. The van der Waals surface area contributed by atoms with E-state index in [0.717, 1.165) is 71.1 Å². The van der Waals surface area contributed by atoms with E-state index in [1.54, 1.807) is 41.4 Å². The van der Waals surface area contributed by atoms with Gasteiger partial charge in [0.2, 0.25) is 11.8 Å². The number of carbonyl (C=O) groups is 2. The highest BCUT2D eigenvalue weighted by atomic mass is 35.5. The molecule has 2 saturated heterocycles. The molecule has 3 aliphatic heterocycles. The van der Waals surface area contributed by atoms with Crippen molar-refractivity contribution in [2.45, 2.75) is 71.8 Å². The summed E-state index contributed by atoms with van der Waals surface area (Å²) in [5, 5.41) is 29.6. The van der Waals surface area contributed by atoms with Crippen LogP contribution in [-0.2, 0) is 16.1 Å². The van der Waals surface area contributed by atoms with Crippen molar-refractivity contribution in [1.82, 2.24) is 19.7 Å². The molecule has 3 aromatic carbocycles. The minimum atomic E-state index is -4.39. The molecule has 0 aliphatic carbocycles. The van der Waals surface area contributed by atoms with E-state index in [-0.39, 0.29) is 38.4 Å². The highest BCUT2D eigenvalue weighted by Gasteiger charge is 2.32. The lowest BCUT2D eigenvalue weighted by atomic mass is 10.00. The molecule has 5 N–H and O–H groups in total. The summed E-state index contributed by atoms with van der Waals surface area (Å²) in [7, 11) is -0.181. The summed E-state index contributed by atoms with van der Waals surface area (Å²) < 4.78 is 42.2. The molecule has 2 aromatic heterocycles. The third-order valence-corrected chi connectivity index (χ3v) is 15.2. The number of piperidine rings is 1. The molecule has 5 aromatic rings. The number of aryl methyl sites for hydroxylation is 1. The van der Waals surface area contributed by atoms with Gasteiger partial charge in [-0.25, -0.2) is 0 Å². The Kier molecular flexibility index (Phi) is 16.6. The molecule has 12 nitrogen and oxygen atoms in total. The first-order valence-corrected chi connectivity index (χ1v) is 26.3. The molecule has 3 aliphatic rings. The monoisotopic (exact) mass is 998 g/mol. The average Bonchev–Trinajstić information content (AvgIpc) is 3.96. The van der Waals surface area contributed by atoms with Gasteiger partial charge in [-0.05, 0) is 113 Å². The normalized spacial score (nSPS) is 16.5. The molecule has 364 valence electrons. The first-order valence-electron chi connectivity index (χ1n) is 22.9. The third-order valence-electron chi connectivity index (χ3n) is 12.4. The second-order valence-corrected chi connectivity index (χ2v) is 21.7. The Bertz CT molecular complexity index is 2790. The number of nitrogens with one attached hydrogen (secondary N) is 5. The first-order chi connectivity index (χ1) is 32.8. The van der Waals surface area contributed by atoms with Gasteiger partial charge in [-0.1, -0.05) is 55.8 Å². The highest BCUT2D eigenvalue weighted by Crippen LogP contribution is 2.39. The summed E-state index contributed by atoms with van der Waals surface area (Å²) in [5.74, 6) is 6.64. The molecule has 2 amide bonds. The Morgan fingerprint density at radius 2 is 1.67 bits per heavy atom. The number of aromatic nitrogens is 1. The summed E-state index contributed by atoms with van der Waals surface area (Å²) in [5.41, 5.74) is 6.51. The number of rotatable bonds is 10. The summed E-state index contributed by atoms with van der Waals surface area (Å²) in [6, 6.07) is 23.0. The molecular weight excluding hydrogens is 940 g/mol. The minimum absolute atomic E-state index is 0.0151. The Labute approximate surface area is 412 Å². The minimum Gasteiger partial charge on any atom is -0.382 e. The largest absolute Gasteiger partial charge is 0.406 e. The van der Waals surface area contributed by atoms with Crippen LogP contribution in [0, 0.1) is 36.5 Å². The molecule has 5 heterocycles. The van der Waals surface area contributed by atoms with Crippen molar-refractivity contribution in [3.8, 4) is 11.8 Å². The standard InChI is InChI=1S/C34H42F3N6O2P.C17H17ClN4S/c1-24(44)39-27-15-19-42(21-27)33(45)22-41-17-13-26(14-18-41)40-31-7-4-8-32-30(31)20-28(43(32)23-34(35,36)37)6-5-16-38-25-9-11-29(12-10-25)46(2)3;1-9-10(2)23-17-15(9)16(12-4-6-13(18)7-5-12)21-8-14(20)22(17)11(3)19/h4,7-12,20,26-27,38,40H,13-19,21-23H2,1-3H3,(H,39,44);4-7,19-20H,8H2,1-3H3. The Morgan fingerprint density at radius 1 is 0.971 bits per heavy atom. The van der Waals surface area contributed by atoms with E-state index in [9.17, 15) is 22.8 Å². The van der Waals surface area contributed by atoms with Crippen LogP contribution >= 0.6 is 30.9 Å². The predicted molar refractivity (Wildman–Crippen MR) is 279 cm³/mol. The van der Waals surface area contributed by atoms with Crippen LogP contribution in [0.25, 0.3) is 10.9 Å². The fourth-order valence-corrected chi connectivity index (χ4v) is 10.9. The zero-order valence-electron chi connectivity index (χ0n) is 39.8. The topological polar surface area (TPSA) is 145 Å². The van der Waals surface area contributed by atoms with E-state index >= 15 is 0 Å². The van der Waals surface area contributed by atoms with Crippen LogP contribution in [0.1, 0.15) is 60.4 Å². The maximum Gasteiger partial charge on any atom is 0.406 e. The average molecular weight is 1000 g/mol. The first kappa shape index (κ1) is 51.1. The number of aliphatic imine (C=N–C) groups is 1. The van der Waals surface area contributed by atoms with Crippen molar-refractivity contribution in [3.63, 3.8) is 0 Å². The smallest absolute Gasteiger partial charge is 0.382 e. The molecule has 0 saturated carbocycles. The van der Waals surface area contributed by atoms with E-state index in [0.29, 0.717) is 59.5 Å². The molecule has 8 rings (SSSR count). The van der Waals surface area contributed by atoms with Gasteiger partial charge >= 0.3 is 6.18 Å². The number of anilines is 3. The van der Waals surface area contributed by atoms with Crippen LogP contribution in [0.5, 0.6) is 0 Å². The maximum absolute atomic E-state index is 13.7. The summed E-state index contributed by atoms with van der Waals surface area (Å²) in [6.07, 6.45) is -2.02. The van der Waals surface area contributed by atoms with Crippen molar-refractivity contribution in [1.29, 1.82) is 10.8 Å². The quantitative estimate of drug-likeness (QED) is 0.0409. The number of hydrogen-bond donors (Lipinski definition) is 5. The van der Waals surface area contributed by atoms with Crippen molar-refractivity contribution in [2.75, 3.05) is 74.7 Å². The van der Waals surface area contributed by atoms with Crippen LogP contribution < -0.4 is 26.2 Å². The molecular formula is C51H59ClF3N10O2PS. The molecule has 0 bridgehead atoms. The van der Waals surface area contributed by atoms with Gasteiger partial charge in [0.1, 0.15) is 23.2 Å². The number of carbonyl (C=O) groups excluding carboxylic acids is 2. The van der Waals surface area contributed by atoms with Crippen LogP contribution in [0.3, 0.4) is 0 Å². The second kappa shape index (κ2) is 22.4. The lowest BCUT2D eigenvalue weighted by Gasteiger charge is -2.33. The van der Waals surface area contributed by atoms with E-state index in [1.807, 2.05) is 47.4 Å². The number of alkyl halides is 3. The van der Waals surface area contributed by atoms with Gasteiger partial charge in [0.15, 0.2) is 0 Å². The van der Waals surface area contributed by atoms with Crippen molar-refractivity contribution >= 4 is 92.6 Å². The van der Waals surface area contributed by atoms with Gasteiger partial charge < -0.3 is 25.4 Å². The lowest BCUT2D eigenvalue weighted by molar-refractivity contribution is -0.140. The van der Waals surface area contributed by atoms with Gasteiger partial charge in [-0.15, -0.1) is 11.3 Å². The summed E-state index contributed by atoms with van der Waals surface area (Å²) >= 11 is 7.61. The molecule has 0 radical (unpaired) electrons. The maximum atomic E-state index is 13.7. The molecule has 18 heteroatoms. The number of likely N-dealkylation sites (tertiary alicyclic amines) is 2. The zero-order chi connectivity index (χ0) is 49.6. The fraction of sp³-hybridized carbons (Fsp3) is 0.392. The van der Waals surface area contributed by atoms with Gasteiger partial charge in [-0.3, -0.25) is 35.2 Å². The highest BCUT2D eigenvalue weighted by molar-refractivity contribution is 7.64. The summed E-state index contributed by atoms with van der Waals surface area (Å²) in [6.45, 7) is 14.2. The van der Waals surface area contributed by atoms with E-state index in [4.69, 9.17) is 22.4 Å². The van der Waals surface area contributed by atoms with Crippen molar-refractivity contribution in [2.24, 2.45) is 4.99 Å². The number of halogens is 4. The van der Waals surface area contributed by atoms with Crippen LogP contribution in [0.4, 0.5) is 29.5 Å². The second-order valence-electron chi connectivity index (χ2n) is 17.8. The van der Waals surface area contributed by atoms with Crippen LogP contribution in [-0.4, -0.2) is 121 Å². The number of hydrogen-bond acceptors (Lipinski definition) is 9. The molecule has 2 fully saturated rings. The van der Waals surface area contributed by atoms with Gasteiger partial charge in [0, 0.05) is 83.0 Å².